The Morgan fingerprint density at radius 1 is 1.02 bits per heavy atom. The van der Waals surface area contributed by atoms with Crippen molar-refractivity contribution in [3.05, 3.63) is 118 Å². The smallest absolute Gasteiger partial charge is 0.416 e. The van der Waals surface area contributed by atoms with Gasteiger partial charge < -0.3 is 25.1 Å². The summed E-state index contributed by atoms with van der Waals surface area (Å²) in [6.45, 7) is 4.12. The zero-order chi connectivity index (χ0) is 32.8. The van der Waals surface area contributed by atoms with Crippen molar-refractivity contribution >= 4 is 11.8 Å². The number of amides is 2. The maximum Gasteiger partial charge on any atom is 0.416 e. The van der Waals surface area contributed by atoms with E-state index in [1.165, 1.54) is 12.1 Å². The fourth-order valence-electron chi connectivity index (χ4n) is 5.62. The van der Waals surface area contributed by atoms with E-state index < -0.39 is 29.8 Å². The molecule has 2 aromatic carbocycles. The number of hydrogen-bond acceptors (Lipinski definition) is 7. The number of nitrogens with zero attached hydrogens (tertiary/aromatic N) is 3. The van der Waals surface area contributed by atoms with Crippen LogP contribution in [0.25, 0.3) is 0 Å². The number of aliphatic hydroxyl groups is 1. The molecule has 3 heterocycles. The molecule has 0 saturated carbocycles. The minimum Gasteiger partial charge on any atom is -0.446 e. The molecule has 0 radical (unpaired) electrons. The Hall–Kier alpha value is -4.55. The summed E-state index contributed by atoms with van der Waals surface area (Å²) in [5.74, 6) is -0.360. The van der Waals surface area contributed by atoms with Crippen molar-refractivity contribution in [3.63, 3.8) is 0 Å². The number of nitrogens with one attached hydrogen (secondary N) is 2. The summed E-state index contributed by atoms with van der Waals surface area (Å²) < 4.78 is 44.9. The Morgan fingerprint density at radius 2 is 1.78 bits per heavy atom. The van der Waals surface area contributed by atoms with Gasteiger partial charge in [-0.15, -0.1) is 0 Å². The van der Waals surface area contributed by atoms with Crippen LogP contribution < -0.4 is 10.6 Å². The van der Waals surface area contributed by atoms with Crippen molar-refractivity contribution in [2.75, 3.05) is 13.1 Å². The number of aliphatic hydroxyl groups excluding tert-OH is 1. The third-order valence-corrected chi connectivity index (χ3v) is 7.88. The number of aryl methyl sites for hydroxylation is 2. The molecule has 46 heavy (non-hydrogen) atoms. The number of hydrogen-bond donors (Lipinski definition) is 3. The fraction of sp³-hybridized carbons (Fsp3) is 0.353. The second kappa shape index (κ2) is 14.3. The van der Waals surface area contributed by atoms with Crippen molar-refractivity contribution in [1.82, 2.24) is 25.5 Å². The van der Waals surface area contributed by atoms with E-state index in [4.69, 9.17) is 4.42 Å². The number of halogens is 3. The van der Waals surface area contributed by atoms with Crippen LogP contribution >= 0.6 is 0 Å². The maximum absolute atomic E-state index is 13.6. The molecule has 0 spiro atoms. The lowest BCUT2D eigenvalue weighted by molar-refractivity contribution is -0.137. The summed E-state index contributed by atoms with van der Waals surface area (Å²) in [5, 5.41) is 17.0. The fourth-order valence-corrected chi connectivity index (χ4v) is 5.62. The van der Waals surface area contributed by atoms with Crippen LogP contribution in [-0.4, -0.2) is 57.0 Å². The highest BCUT2D eigenvalue weighted by atomic mass is 19.4. The average molecular weight is 636 g/mol. The van der Waals surface area contributed by atoms with Crippen molar-refractivity contribution in [2.45, 2.75) is 64.0 Å². The summed E-state index contributed by atoms with van der Waals surface area (Å²) >= 11 is 0. The average Bonchev–Trinajstić information content (AvgIpc) is 3.69. The molecule has 242 valence electrons. The second-order valence-corrected chi connectivity index (χ2v) is 11.5. The van der Waals surface area contributed by atoms with Gasteiger partial charge in [0.25, 0.3) is 11.8 Å². The van der Waals surface area contributed by atoms with E-state index in [-0.39, 0.29) is 37.2 Å². The molecule has 3 atom stereocenters. The van der Waals surface area contributed by atoms with Gasteiger partial charge >= 0.3 is 6.18 Å². The van der Waals surface area contributed by atoms with Gasteiger partial charge in [0, 0.05) is 30.9 Å². The summed E-state index contributed by atoms with van der Waals surface area (Å²) in [6.07, 6.45) is -2.23. The Kier molecular flexibility index (Phi) is 10.2. The van der Waals surface area contributed by atoms with Crippen LogP contribution in [0.3, 0.4) is 0 Å². The number of likely N-dealkylation sites (tertiary alicyclic amines) is 1. The molecule has 2 aromatic heterocycles. The van der Waals surface area contributed by atoms with Gasteiger partial charge in [-0.3, -0.25) is 9.59 Å². The molecule has 0 aliphatic carbocycles. The van der Waals surface area contributed by atoms with E-state index >= 15 is 0 Å². The minimum atomic E-state index is -4.46. The summed E-state index contributed by atoms with van der Waals surface area (Å²) in [6, 6.07) is 16.2. The predicted molar refractivity (Wildman–Crippen MR) is 164 cm³/mol. The monoisotopic (exact) mass is 635 g/mol. The van der Waals surface area contributed by atoms with Gasteiger partial charge in [-0.1, -0.05) is 48.5 Å². The summed E-state index contributed by atoms with van der Waals surface area (Å²) in [7, 11) is 0. The predicted octanol–water partition coefficient (Wildman–Crippen LogP) is 5.17. The minimum absolute atomic E-state index is 0.00432. The van der Waals surface area contributed by atoms with Crippen molar-refractivity contribution in [1.29, 1.82) is 0 Å². The molecule has 1 saturated heterocycles. The van der Waals surface area contributed by atoms with E-state index in [1.807, 2.05) is 37.3 Å². The van der Waals surface area contributed by atoms with Gasteiger partial charge in [-0.2, -0.15) is 13.2 Å². The number of aromatic nitrogens is 2. The van der Waals surface area contributed by atoms with Crippen LogP contribution in [0.2, 0.25) is 0 Å². The second-order valence-electron chi connectivity index (χ2n) is 11.5. The highest BCUT2D eigenvalue weighted by molar-refractivity contribution is 5.99. The van der Waals surface area contributed by atoms with Crippen molar-refractivity contribution in [2.24, 2.45) is 0 Å². The largest absolute Gasteiger partial charge is 0.446 e. The molecule has 2 amide bonds. The molecule has 1 aliphatic rings. The van der Waals surface area contributed by atoms with Crippen LogP contribution in [0.1, 0.15) is 73.7 Å². The van der Waals surface area contributed by atoms with E-state index in [9.17, 15) is 27.9 Å². The zero-order valence-corrected chi connectivity index (χ0v) is 25.6. The highest BCUT2D eigenvalue weighted by Gasteiger charge is 2.34. The molecule has 4 aromatic rings. The van der Waals surface area contributed by atoms with Crippen LogP contribution in [0.15, 0.2) is 77.4 Å². The van der Waals surface area contributed by atoms with Gasteiger partial charge in [-0.25, -0.2) is 9.97 Å². The number of carbonyl (C=O) groups excluding carboxylic acids is 2. The van der Waals surface area contributed by atoms with Gasteiger partial charge in [0.05, 0.1) is 23.4 Å². The van der Waals surface area contributed by atoms with Crippen LogP contribution in [0, 0.1) is 13.8 Å². The number of pyridine rings is 1. The van der Waals surface area contributed by atoms with E-state index in [0.29, 0.717) is 35.7 Å². The lowest BCUT2D eigenvalue weighted by Gasteiger charge is -2.25. The van der Waals surface area contributed by atoms with Gasteiger partial charge in [0.2, 0.25) is 5.89 Å². The highest BCUT2D eigenvalue weighted by Crippen LogP contribution is 2.33. The molecule has 0 bridgehead atoms. The van der Waals surface area contributed by atoms with Crippen LogP contribution in [0.4, 0.5) is 13.2 Å². The lowest BCUT2D eigenvalue weighted by Crippen LogP contribution is -2.49. The molecule has 5 rings (SSSR count). The molecular weight excluding hydrogens is 599 g/mol. The van der Waals surface area contributed by atoms with Crippen LogP contribution in [0.5, 0.6) is 0 Å². The number of alkyl halides is 3. The van der Waals surface area contributed by atoms with Crippen LogP contribution in [-0.2, 0) is 19.1 Å². The topological polar surface area (TPSA) is 121 Å². The molecule has 9 nitrogen and oxygen atoms in total. The zero-order valence-electron chi connectivity index (χ0n) is 25.6. The standard InChI is InChI=1S/C34H36F3N5O4/c1-21-14-25(33(45)42-13-7-12-29(42)32-40-22(2)20-46-32)17-28(39-21)31(44)41-27(16-23-8-4-3-5-9-23)30(43)19-38-18-24-10-6-11-26(15-24)34(35,36)37/h3-6,8-11,14-15,17,20,27,29-30,38,43H,7,12-13,16,18-19H2,1-2H3,(H,41,44)/t27-,29?,30+/m0/s1. The van der Waals surface area contributed by atoms with Gasteiger partial charge in [0.15, 0.2) is 0 Å². The van der Waals surface area contributed by atoms with Gasteiger partial charge in [0.1, 0.15) is 18.0 Å². The first-order valence-electron chi connectivity index (χ1n) is 15.1. The number of rotatable bonds is 11. The van der Waals surface area contributed by atoms with Crippen molar-refractivity contribution < 1.29 is 32.3 Å². The number of oxazole rings is 1. The van der Waals surface area contributed by atoms with Gasteiger partial charge in [-0.05, 0) is 62.4 Å². The van der Waals surface area contributed by atoms with Crippen molar-refractivity contribution in [3.8, 4) is 0 Å². The Labute approximate surface area is 264 Å². The molecule has 1 fully saturated rings. The first-order valence-corrected chi connectivity index (χ1v) is 15.1. The molecular formula is C34H36F3N5O4. The maximum atomic E-state index is 13.6. The normalized spacial score (nSPS) is 16.3. The van der Waals surface area contributed by atoms with E-state index in [2.05, 4.69) is 20.6 Å². The number of benzene rings is 2. The molecule has 3 N–H and O–H groups in total. The first kappa shape index (κ1) is 32.8. The third kappa shape index (κ3) is 8.18. The Morgan fingerprint density at radius 3 is 2.50 bits per heavy atom. The lowest BCUT2D eigenvalue weighted by atomic mass is 10.0. The molecule has 12 heteroatoms. The molecule has 1 unspecified atom stereocenters. The van der Waals surface area contributed by atoms with E-state index in [1.54, 1.807) is 30.2 Å². The first-order chi connectivity index (χ1) is 22.0. The quantitative estimate of drug-likeness (QED) is 0.208. The Balaban J connectivity index is 1.29. The molecule has 1 aliphatic heterocycles. The SMILES string of the molecule is Cc1cc(C(=O)N2CCCC2c2nc(C)co2)cc(C(=O)N[C@@H](Cc2ccccc2)[C@H](O)CNCc2cccc(C(F)(F)F)c2)n1. The summed E-state index contributed by atoms with van der Waals surface area (Å²) in [4.78, 5) is 37.7. The van der Waals surface area contributed by atoms with E-state index in [0.717, 1.165) is 29.8 Å². The third-order valence-electron chi connectivity index (χ3n) is 7.88. The Bertz CT molecular complexity index is 1660. The number of carbonyl (C=O) groups is 2. The summed E-state index contributed by atoms with van der Waals surface area (Å²) in [5.41, 5.74) is 2.04.